The third-order valence-corrected chi connectivity index (χ3v) is 8.64. The molecule has 1 atom stereocenters. The Labute approximate surface area is 172 Å². The molecule has 146 valence electrons. The number of fused-ring (bicyclic) bond motifs is 1. The van der Waals surface area contributed by atoms with Gasteiger partial charge in [-0.1, -0.05) is 19.1 Å². The minimum absolute atomic E-state index is 0.0639. The first-order chi connectivity index (χ1) is 13.5. The predicted molar refractivity (Wildman–Crippen MR) is 114 cm³/mol. The van der Waals surface area contributed by atoms with Gasteiger partial charge in [-0.3, -0.25) is 9.52 Å². The number of sulfonamides is 1. The number of carbonyl (C=O) groups is 1. The smallest absolute Gasteiger partial charge is 0.271 e. The van der Waals surface area contributed by atoms with E-state index in [4.69, 9.17) is 0 Å². The molecule has 5 nitrogen and oxygen atoms in total. The SMILES string of the molecule is CCC1c2ccsc2CCN1C(=O)c1cccc(NS(=O)(=O)c2cccs2)c1. The van der Waals surface area contributed by atoms with Crippen LogP contribution in [0.3, 0.4) is 0 Å². The van der Waals surface area contributed by atoms with E-state index in [1.54, 1.807) is 53.1 Å². The van der Waals surface area contributed by atoms with Crippen LogP contribution >= 0.6 is 22.7 Å². The molecule has 1 amide bonds. The maximum atomic E-state index is 13.2. The van der Waals surface area contributed by atoms with Crippen molar-refractivity contribution in [2.24, 2.45) is 0 Å². The molecular weight excluding hydrogens is 412 g/mol. The van der Waals surface area contributed by atoms with Gasteiger partial charge in [0, 0.05) is 22.7 Å². The Hall–Kier alpha value is -2.16. The van der Waals surface area contributed by atoms with Crippen LogP contribution in [0, 0.1) is 0 Å². The van der Waals surface area contributed by atoms with Crippen molar-refractivity contribution in [3.05, 3.63) is 69.2 Å². The Kier molecular flexibility index (Phi) is 5.27. The molecule has 28 heavy (non-hydrogen) atoms. The number of rotatable bonds is 5. The number of nitrogens with one attached hydrogen (secondary N) is 1. The van der Waals surface area contributed by atoms with E-state index >= 15 is 0 Å². The van der Waals surface area contributed by atoms with Gasteiger partial charge >= 0.3 is 0 Å². The van der Waals surface area contributed by atoms with Gasteiger partial charge in [-0.2, -0.15) is 0 Å². The molecule has 0 saturated heterocycles. The van der Waals surface area contributed by atoms with E-state index in [0.717, 1.165) is 24.2 Å². The largest absolute Gasteiger partial charge is 0.331 e. The minimum atomic E-state index is -3.64. The van der Waals surface area contributed by atoms with Crippen molar-refractivity contribution in [2.75, 3.05) is 11.3 Å². The summed E-state index contributed by atoms with van der Waals surface area (Å²) in [4.78, 5) is 16.5. The van der Waals surface area contributed by atoms with Crippen LogP contribution in [0.2, 0.25) is 0 Å². The Bertz CT molecular complexity index is 1090. The molecule has 1 aliphatic rings. The van der Waals surface area contributed by atoms with E-state index in [2.05, 4.69) is 23.1 Å². The molecule has 1 aliphatic heterocycles. The van der Waals surface area contributed by atoms with E-state index in [1.165, 1.54) is 10.4 Å². The number of thiophene rings is 2. The Morgan fingerprint density at radius 3 is 2.79 bits per heavy atom. The molecule has 8 heteroatoms. The summed E-state index contributed by atoms with van der Waals surface area (Å²) >= 11 is 2.90. The van der Waals surface area contributed by atoms with E-state index in [1.807, 2.05) is 4.90 Å². The third kappa shape index (κ3) is 3.59. The van der Waals surface area contributed by atoms with Crippen molar-refractivity contribution in [3.8, 4) is 0 Å². The highest BCUT2D eigenvalue weighted by Crippen LogP contribution is 2.36. The number of benzene rings is 1. The van der Waals surface area contributed by atoms with E-state index in [0.29, 0.717) is 17.8 Å². The number of hydrogen-bond acceptors (Lipinski definition) is 5. The summed E-state index contributed by atoms with van der Waals surface area (Å²) in [5.74, 6) is -0.0686. The van der Waals surface area contributed by atoms with Gasteiger partial charge in [-0.05, 0) is 59.5 Å². The quantitative estimate of drug-likeness (QED) is 0.632. The normalized spacial score (nSPS) is 16.6. The second-order valence-corrected chi connectivity index (χ2v) is 10.4. The van der Waals surface area contributed by atoms with Crippen molar-refractivity contribution < 1.29 is 13.2 Å². The maximum absolute atomic E-state index is 13.2. The van der Waals surface area contributed by atoms with E-state index in [9.17, 15) is 13.2 Å². The lowest BCUT2D eigenvalue weighted by Gasteiger charge is -2.35. The van der Waals surface area contributed by atoms with Crippen LogP contribution in [-0.2, 0) is 16.4 Å². The molecule has 3 aromatic rings. The van der Waals surface area contributed by atoms with Crippen molar-refractivity contribution in [1.29, 1.82) is 0 Å². The van der Waals surface area contributed by atoms with Crippen molar-refractivity contribution in [3.63, 3.8) is 0 Å². The van der Waals surface area contributed by atoms with Gasteiger partial charge in [0.15, 0.2) is 0 Å². The maximum Gasteiger partial charge on any atom is 0.271 e. The van der Waals surface area contributed by atoms with Gasteiger partial charge < -0.3 is 4.90 Å². The molecule has 0 bridgehead atoms. The first kappa shape index (κ1) is 19.2. The number of nitrogens with zero attached hydrogens (tertiary/aromatic N) is 1. The van der Waals surface area contributed by atoms with Gasteiger partial charge in [0.05, 0.1) is 6.04 Å². The summed E-state index contributed by atoms with van der Waals surface area (Å²) < 4.78 is 27.7. The van der Waals surface area contributed by atoms with Crippen LogP contribution in [0.15, 0.2) is 57.4 Å². The average Bonchev–Trinajstić information content (AvgIpc) is 3.38. The van der Waals surface area contributed by atoms with Crippen LogP contribution in [0.4, 0.5) is 5.69 Å². The van der Waals surface area contributed by atoms with Gasteiger partial charge in [0.2, 0.25) is 0 Å². The average molecular weight is 433 g/mol. The van der Waals surface area contributed by atoms with Crippen LogP contribution in [-0.4, -0.2) is 25.8 Å². The monoisotopic (exact) mass is 432 g/mol. The Morgan fingerprint density at radius 2 is 2.04 bits per heavy atom. The molecular formula is C20H20N2O3S3. The van der Waals surface area contributed by atoms with Crippen LogP contribution in [0.25, 0.3) is 0 Å². The molecule has 4 rings (SSSR count). The minimum Gasteiger partial charge on any atom is -0.331 e. The highest BCUT2D eigenvalue weighted by atomic mass is 32.2. The predicted octanol–water partition coefficient (Wildman–Crippen LogP) is 4.76. The molecule has 0 saturated carbocycles. The summed E-state index contributed by atoms with van der Waals surface area (Å²) in [5, 5.41) is 3.80. The lowest BCUT2D eigenvalue weighted by molar-refractivity contribution is 0.0657. The van der Waals surface area contributed by atoms with Gasteiger partial charge in [0.25, 0.3) is 15.9 Å². The molecule has 0 radical (unpaired) electrons. The molecule has 3 heterocycles. The van der Waals surface area contributed by atoms with E-state index in [-0.39, 0.29) is 16.2 Å². The second kappa shape index (κ2) is 7.69. The standard InChI is InChI=1S/C20H20N2O3S3/c1-2-17-16-9-12-26-18(16)8-10-22(17)20(23)14-5-3-6-15(13-14)21-28(24,25)19-7-4-11-27-19/h3-7,9,11-13,17,21H,2,8,10H2,1H3. The number of amides is 1. The molecule has 1 aromatic carbocycles. The summed E-state index contributed by atoms with van der Waals surface area (Å²) in [6.07, 6.45) is 1.71. The lowest BCUT2D eigenvalue weighted by Crippen LogP contribution is -2.39. The van der Waals surface area contributed by atoms with Gasteiger partial charge in [-0.15, -0.1) is 22.7 Å². The fourth-order valence-corrected chi connectivity index (χ4v) is 6.55. The van der Waals surface area contributed by atoms with Gasteiger partial charge in [0.1, 0.15) is 4.21 Å². The molecule has 0 aliphatic carbocycles. The third-order valence-electron chi connectivity index (χ3n) is 4.86. The highest BCUT2D eigenvalue weighted by Gasteiger charge is 2.31. The van der Waals surface area contributed by atoms with Crippen molar-refractivity contribution in [2.45, 2.75) is 30.0 Å². The highest BCUT2D eigenvalue weighted by molar-refractivity contribution is 7.94. The Balaban J connectivity index is 1.58. The van der Waals surface area contributed by atoms with Gasteiger partial charge in [-0.25, -0.2) is 8.42 Å². The topological polar surface area (TPSA) is 66.5 Å². The molecule has 2 aromatic heterocycles. The Morgan fingerprint density at radius 1 is 1.18 bits per heavy atom. The first-order valence-electron chi connectivity index (χ1n) is 9.03. The number of carbonyl (C=O) groups excluding carboxylic acids is 1. The van der Waals surface area contributed by atoms with Crippen molar-refractivity contribution >= 4 is 44.3 Å². The summed E-state index contributed by atoms with van der Waals surface area (Å²) in [6.45, 7) is 2.76. The zero-order chi connectivity index (χ0) is 19.7. The fourth-order valence-electron chi connectivity index (χ4n) is 3.58. The van der Waals surface area contributed by atoms with Crippen LogP contribution < -0.4 is 4.72 Å². The summed E-state index contributed by atoms with van der Waals surface area (Å²) in [7, 11) is -3.64. The zero-order valence-corrected chi connectivity index (χ0v) is 17.7. The fraction of sp³-hybridized carbons (Fsp3) is 0.250. The number of hydrogen-bond donors (Lipinski definition) is 1. The van der Waals surface area contributed by atoms with E-state index < -0.39 is 10.0 Å². The molecule has 0 spiro atoms. The first-order valence-corrected chi connectivity index (χ1v) is 12.3. The molecule has 0 fully saturated rings. The molecule has 1 unspecified atom stereocenters. The lowest BCUT2D eigenvalue weighted by atomic mass is 9.97. The molecule has 1 N–H and O–H groups in total. The van der Waals surface area contributed by atoms with Crippen LogP contribution in [0.1, 0.15) is 40.2 Å². The number of anilines is 1. The second-order valence-electron chi connectivity index (χ2n) is 6.59. The zero-order valence-electron chi connectivity index (χ0n) is 15.3. The van der Waals surface area contributed by atoms with Crippen molar-refractivity contribution in [1.82, 2.24) is 4.90 Å². The van der Waals surface area contributed by atoms with Crippen LogP contribution in [0.5, 0.6) is 0 Å². The summed E-state index contributed by atoms with van der Waals surface area (Å²) in [6, 6.07) is 12.1. The summed E-state index contributed by atoms with van der Waals surface area (Å²) in [5.41, 5.74) is 2.12.